The first-order valence-corrected chi connectivity index (χ1v) is 18.5. The van der Waals surface area contributed by atoms with Crippen LogP contribution in [0.3, 0.4) is 0 Å². The second-order valence-corrected chi connectivity index (χ2v) is 11.6. The van der Waals surface area contributed by atoms with Gasteiger partial charge in [0.1, 0.15) is 0 Å². The average Bonchev–Trinajstić information content (AvgIpc) is 3.08. The first-order valence-electron chi connectivity index (χ1n) is 18.5. The number of allylic oxidation sites excluding steroid dienone is 2. The lowest BCUT2D eigenvalue weighted by molar-refractivity contribution is 0.815. The molecule has 2 aromatic rings. The van der Waals surface area contributed by atoms with E-state index in [0.717, 1.165) is 78.5 Å². The molecule has 0 bridgehead atoms. The van der Waals surface area contributed by atoms with Crippen molar-refractivity contribution in [3.05, 3.63) is 47.5 Å². The zero-order valence-electron chi connectivity index (χ0n) is 31.8. The van der Waals surface area contributed by atoms with Crippen molar-refractivity contribution >= 4 is 46.3 Å². The molecule has 0 spiro atoms. The number of hydrogen-bond acceptors (Lipinski definition) is 6. The van der Waals surface area contributed by atoms with Crippen LogP contribution < -0.4 is 29.4 Å². The van der Waals surface area contributed by atoms with E-state index in [4.69, 9.17) is 0 Å². The quantitative estimate of drug-likeness (QED) is 0.127. The van der Waals surface area contributed by atoms with Crippen LogP contribution in [0.25, 0.3) is 12.2 Å². The Labute approximate surface area is 284 Å². The Morgan fingerprint density at radius 3 is 0.696 bits per heavy atom. The Balaban J connectivity index is 2.72. The Morgan fingerprint density at radius 2 is 0.522 bits per heavy atom. The number of hydrogen-bond donors (Lipinski definition) is 0. The van der Waals surface area contributed by atoms with Gasteiger partial charge >= 0.3 is 0 Å². The molecule has 2 aromatic carbocycles. The van der Waals surface area contributed by atoms with Gasteiger partial charge in [0.05, 0.1) is 34.1 Å². The maximum atomic E-state index is 2.53. The molecule has 0 N–H and O–H groups in total. The van der Waals surface area contributed by atoms with E-state index in [1.807, 2.05) is 0 Å². The summed E-state index contributed by atoms with van der Waals surface area (Å²) >= 11 is 0. The van der Waals surface area contributed by atoms with Crippen molar-refractivity contribution in [1.82, 2.24) is 0 Å². The molecule has 0 aromatic heterocycles. The third-order valence-electron chi connectivity index (χ3n) is 9.45. The van der Waals surface area contributed by atoms with E-state index in [9.17, 15) is 0 Å². The van der Waals surface area contributed by atoms with E-state index in [0.29, 0.717) is 0 Å². The Kier molecular flexibility index (Phi) is 17.0. The topological polar surface area (TPSA) is 19.4 Å². The van der Waals surface area contributed by atoms with E-state index >= 15 is 0 Å². The summed E-state index contributed by atoms with van der Waals surface area (Å²) < 4.78 is 0. The van der Waals surface area contributed by atoms with Gasteiger partial charge in [-0.05, 0) is 118 Å². The van der Waals surface area contributed by atoms with Crippen LogP contribution in [0.5, 0.6) is 0 Å². The first-order chi connectivity index (χ1) is 22.3. The third kappa shape index (κ3) is 9.17. The van der Waals surface area contributed by atoms with Crippen LogP contribution in [0.4, 0.5) is 34.1 Å². The highest BCUT2D eigenvalue weighted by Crippen LogP contribution is 2.42. The van der Waals surface area contributed by atoms with Crippen molar-refractivity contribution in [3.8, 4) is 0 Å². The van der Waals surface area contributed by atoms with E-state index in [2.05, 4.69) is 161 Å². The minimum absolute atomic E-state index is 0.989. The van der Waals surface area contributed by atoms with Gasteiger partial charge in [0.2, 0.25) is 0 Å². The monoisotopic (exact) mass is 633 g/mol. The van der Waals surface area contributed by atoms with E-state index in [1.165, 1.54) is 45.3 Å². The number of anilines is 6. The van der Waals surface area contributed by atoms with Gasteiger partial charge in [0, 0.05) is 78.5 Å². The Bertz CT molecular complexity index is 1050. The van der Waals surface area contributed by atoms with Crippen LogP contribution in [0, 0.1) is 0 Å². The zero-order valence-corrected chi connectivity index (χ0v) is 31.8. The Morgan fingerprint density at radius 1 is 0.326 bits per heavy atom. The maximum absolute atomic E-state index is 2.53. The molecule has 0 aliphatic carbocycles. The molecule has 0 radical (unpaired) electrons. The minimum Gasteiger partial charge on any atom is -0.370 e. The molecular formula is C40H68N6. The van der Waals surface area contributed by atoms with Gasteiger partial charge in [0.15, 0.2) is 0 Å². The summed E-state index contributed by atoms with van der Waals surface area (Å²) in [5.74, 6) is 0. The average molecular weight is 633 g/mol. The van der Waals surface area contributed by atoms with Gasteiger partial charge in [-0.3, -0.25) is 0 Å². The molecule has 6 heteroatoms. The fraction of sp³-hybridized carbons (Fsp3) is 0.600. The van der Waals surface area contributed by atoms with Crippen molar-refractivity contribution in [2.75, 3.05) is 108 Å². The fourth-order valence-electron chi connectivity index (χ4n) is 6.73. The molecule has 2 rings (SSSR count). The van der Waals surface area contributed by atoms with Crippen LogP contribution in [-0.4, -0.2) is 78.5 Å². The van der Waals surface area contributed by atoms with Crippen molar-refractivity contribution < 1.29 is 0 Å². The molecule has 0 fully saturated rings. The summed E-state index contributed by atoms with van der Waals surface area (Å²) in [7, 11) is 0. The second kappa shape index (κ2) is 20.1. The smallest absolute Gasteiger partial charge is 0.0841 e. The summed E-state index contributed by atoms with van der Waals surface area (Å²) in [6.07, 6.45) is 9.00. The third-order valence-corrected chi connectivity index (χ3v) is 9.45. The van der Waals surface area contributed by atoms with Crippen molar-refractivity contribution in [2.24, 2.45) is 0 Å². The summed E-state index contributed by atoms with van der Waals surface area (Å²) in [5, 5.41) is 0. The molecule has 0 unspecified atom stereocenters. The maximum Gasteiger partial charge on any atom is 0.0841 e. The van der Waals surface area contributed by atoms with E-state index in [-0.39, 0.29) is 0 Å². The van der Waals surface area contributed by atoms with Gasteiger partial charge in [-0.2, -0.15) is 0 Å². The normalized spacial score (nSPS) is 11.5. The Hall–Kier alpha value is -3.28. The molecule has 0 amide bonds. The van der Waals surface area contributed by atoms with Crippen LogP contribution in [-0.2, 0) is 0 Å². The minimum atomic E-state index is 0.989. The van der Waals surface area contributed by atoms with Gasteiger partial charge in [0.25, 0.3) is 0 Å². The van der Waals surface area contributed by atoms with E-state index < -0.39 is 0 Å². The largest absolute Gasteiger partial charge is 0.370 e. The molecule has 0 saturated carbocycles. The van der Waals surface area contributed by atoms with Crippen molar-refractivity contribution in [1.29, 1.82) is 0 Å². The van der Waals surface area contributed by atoms with Crippen molar-refractivity contribution in [2.45, 2.75) is 83.1 Å². The second-order valence-electron chi connectivity index (χ2n) is 11.6. The molecule has 0 aliphatic heterocycles. The van der Waals surface area contributed by atoms with E-state index in [1.54, 1.807) is 0 Å². The van der Waals surface area contributed by atoms with Crippen LogP contribution >= 0.6 is 0 Å². The predicted molar refractivity (Wildman–Crippen MR) is 212 cm³/mol. The summed E-state index contributed by atoms with van der Waals surface area (Å²) in [4.78, 5) is 15.1. The number of benzene rings is 2. The van der Waals surface area contributed by atoms with Crippen LogP contribution in [0.15, 0.2) is 36.4 Å². The lowest BCUT2D eigenvalue weighted by atomic mass is 10.0. The molecular weight excluding hydrogens is 564 g/mol. The van der Waals surface area contributed by atoms with Gasteiger partial charge in [-0.15, -0.1) is 0 Å². The number of nitrogens with zero attached hydrogens (tertiary/aromatic N) is 6. The molecule has 0 atom stereocenters. The van der Waals surface area contributed by atoms with Crippen LogP contribution in [0.1, 0.15) is 94.2 Å². The first kappa shape index (κ1) is 38.9. The fourth-order valence-corrected chi connectivity index (χ4v) is 6.73. The van der Waals surface area contributed by atoms with Gasteiger partial charge < -0.3 is 29.4 Å². The summed E-state index contributed by atoms with van der Waals surface area (Å²) in [5.41, 5.74) is 10.6. The molecule has 0 heterocycles. The lowest BCUT2D eigenvalue weighted by Crippen LogP contribution is -2.32. The molecule has 0 aliphatic rings. The highest BCUT2D eigenvalue weighted by molar-refractivity contribution is 5.89. The highest BCUT2D eigenvalue weighted by Gasteiger charge is 2.22. The summed E-state index contributed by atoms with van der Waals surface area (Å²) in [6, 6.07) is 9.59. The number of rotatable bonds is 21. The van der Waals surface area contributed by atoms with Gasteiger partial charge in [-0.1, -0.05) is 24.3 Å². The molecule has 6 nitrogen and oxygen atoms in total. The standard InChI is InChI=1S/C40H68N6/c1-13-41(14-2)35-29-33(30-36(42(15-3)16-4)39(35)45(21-9)22-10)27-25-26-28-34-31-37(43(17-5)18-6)40(46(23-11)24-12)38(32-34)44(19-7)20-8/h25-32H,13-24H2,1-12H3/b27-25+,28-26+. The molecule has 0 saturated heterocycles. The van der Waals surface area contributed by atoms with Gasteiger partial charge in [-0.25, -0.2) is 0 Å². The van der Waals surface area contributed by atoms with Crippen LogP contribution in [0.2, 0.25) is 0 Å². The predicted octanol–water partition coefficient (Wildman–Crippen LogP) is 9.49. The zero-order chi connectivity index (χ0) is 34.2. The highest BCUT2D eigenvalue weighted by atomic mass is 15.2. The molecule has 258 valence electrons. The molecule has 46 heavy (non-hydrogen) atoms. The summed E-state index contributed by atoms with van der Waals surface area (Å²) in [6.45, 7) is 39.1. The van der Waals surface area contributed by atoms with Crippen molar-refractivity contribution in [3.63, 3.8) is 0 Å². The SMILES string of the molecule is CCN(CC)c1cc(/C=C/C=C/c2cc(N(CC)CC)c(N(CC)CC)c(N(CC)CC)c2)cc(N(CC)CC)c1N(CC)CC. The lowest BCUT2D eigenvalue weighted by Gasteiger charge is -2.36.